The lowest BCUT2D eigenvalue weighted by molar-refractivity contribution is 1.35. The Morgan fingerprint density at radius 3 is 2.50 bits per heavy atom. The Bertz CT molecular complexity index is 1010. The predicted octanol–water partition coefficient (Wildman–Crippen LogP) is 5.41. The van der Waals surface area contributed by atoms with Gasteiger partial charge in [-0.05, 0) is 37.3 Å². The standard InChI is InChI=1S/C19H13ClN2/c1-12-6-8-17-14(10-12)11-15(19(20)22-17)18-9-7-13-4-2-3-5-16(13)21-18/h2-11H,1H3. The first kappa shape index (κ1) is 13.2. The SMILES string of the molecule is Cc1ccc2nc(Cl)c(-c3ccc4ccccc4n3)cc2c1. The number of pyridine rings is 2. The normalized spacial score (nSPS) is 11.2. The molecule has 0 spiro atoms. The molecule has 4 aromatic rings. The van der Waals surface area contributed by atoms with Crippen molar-refractivity contribution in [3.63, 3.8) is 0 Å². The van der Waals surface area contributed by atoms with Crippen molar-refractivity contribution in [1.82, 2.24) is 9.97 Å². The Balaban J connectivity index is 1.96. The van der Waals surface area contributed by atoms with Crippen LogP contribution in [0.3, 0.4) is 0 Å². The average Bonchev–Trinajstić information content (AvgIpc) is 2.54. The molecule has 2 nitrogen and oxygen atoms in total. The first-order valence-electron chi connectivity index (χ1n) is 7.14. The lowest BCUT2D eigenvalue weighted by Crippen LogP contribution is -1.90. The Morgan fingerprint density at radius 2 is 1.59 bits per heavy atom. The van der Waals surface area contributed by atoms with Crippen molar-refractivity contribution < 1.29 is 0 Å². The van der Waals surface area contributed by atoms with E-state index in [4.69, 9.17) is 16.6 Å². The summed E-state index contributed by atoms with van der Waals surface area (Å²) in [6, 6.07) is 20.3. The van der Waals surface area contributed by atoms with Gasteiger partial charge in [-0.3, -0.25) is 0 Å². The van der Waals surface area contributed by atoms with E-state index in [9.17, 15) is 0 Å². The van der Waals surface area contributed by atoms with Gasteiger partial charge in [0.2, 0.25) is 0 Å². The van der Waals surface area contributed by atoms with Crippen LogP contribution < -0.4 is 0 Å². The number of nitrogens with zero attached hydrogens (tertiary/aromatic N) is 2. The molecule has 0 saturated heterocycles. The number of halogens is 1. The number of benzene rings is 2. The molecule has 0 aliphatic rings. The quantitative estimate of drug-likeness (QED) is 0.439. The molecule has 0 radical (unpaired) electrons. The van der Waals surface area contributed by atoms with E-state index in [1.807, 2.05) is 36.4 Å². The summed E-state index contributed by atoms with van der Waals surface area (Å²) in [7, 11) is 0. The van der Waals surface area contributed by atoms with Crippen LogP contribution >= 0.6 is 11.6 Å². The zero-order valence-electron chi connectivity index (χ0n) is 12.0. The molecule has 106 valence electrons. The van der Waals surface area contributed by atoms with Crippen LogP contribution in [0, 0.1) is 6.92 Å². The van der Waals surface area contributed by atoms with Crippen LogP contribution in [-0.4, -0.2) is 9.97 Å². The molecular formula is C19H13ClN2. The van der Waals surface area contributed by atoms with Gasteiger partial charge in [-0.15, -0.1) is 0 Å². The fourth-order valence-corrected chi connectivity index (χ4v) is 2.91. The Hall–Kier alpha value is -2.45. The second-order valence-corrected chi connectivity index (χ2v) is 5.77. The number of hydrogen-bond acceptors (Lipinski definition) is 2. The Labute approximate surface area is 133 Å². The van der Waals surface area contributed by atoms with E-state index in [1.165, 1.54) is 5.56 Å². The molecule has 0 atom stereocenters. The van der Waals surface area contributed by atoms with Gasteiger partial charge in [0.15, 0.2) is 0 Å². The second kappa shape index (κ2) is 5.08. The summed E-state index contributed by atoms with van der Waals surface area (Å²) < 4.78 is 0. The second-order valence-electron chi connectivity index (χ2n) is 5.41. The van der Waals surface area contributed by atoms with E-state index in [0.717, 1.165) is 33.1 Å². The van der Waals surface area contributed by atoms with Crippen LogP contribution in [0.5, 0.6) is 0 Å². The molecule has 22 heavy (non-hydrogen) atoms. The van der Waals surface area contributed by atoms with Crippen LogP contribution in [0.1, 0.15) is 5.56 Å². The summed E-state index contributed by atoms with van der Waals surface area (Å²) >= 11 is 6.38. The smallest absolute Gasteiger partial charge is 0.139 e. The topological polar surface area (TPSA) is 25.8 Å². The molecule has 2 heterocycles. The number of aryl methyl sites for hydroxylation is 1. The molecule has 2 aromatic heterocycles. The van der Waals surface area contributed by atoms with Gasteiger partial charge in [-0.25, -0.2) is 9.97 Å². The van der Waals surface area contributed by atoms with Crippen LogP contribution in [0.15, 0.2) is 60.7 Å². The summed E-state index contributed by atoms with van der Waals surface area (Å²) in [5, 5.41) is 2.68. The van der Waals surface area contributed by atoms with Crippen molar-refractivity contribution in [2.24, 2.45) is 0 Å². The molecule has 0 N–H and O–H groups in total. The number of hydrogen-bond donors (Lipinski definition) is 0. The summed E-state index contributed by atoms with van der Waals surface area (Å²) in [6.45, 7) is 2.07. The molecular weight excluding hydrogens is 292 g/mol. The molecule has 0 unspecified atom stereocenters. The molecule has 2 aromatic carbocycles. The summed E-state index contributed by atoms with van der Waals surface area (Å²) in [4.78, 5) is 9.21. The molecule has 0 bridgehead atoms. The van der Waals surface area contributed by atoms with E-state index < -0.39 is 0 Å². The highest BCUT2D eigenvalue weighted by molar-refractivity contribution is 6.32. The van der Waals surface area contributed by atoms with Gasteiger partial charge in [-0.2, -0.15) is 0 Å². The molecule has 4 rings (SSSR count). The Kier molecular flexibility index (Phi) is 3.05. The number of para-hydroxylation sites is 1. The molecule has 0 amide bonds. The summed E-state index contributed by atoms with van der Waals surface area (Å²) in [5.41, 5.74) is 4.78. The predicted molar refractivity (Wildman–Crippen MR) is 92.2 cm³/mol. The number of aromatic nitrogens is 2. The van der Waals surface area contributed by atoms with Gasteiger partial charge in [0.25, 0.3) is 0 Å². The van der Waals surface area contributed by atoms with E-state index in [0.29, 0.717) is 5.15 Å². The minimum Gasteiger partial charge on any atom is -0.248 e. The van der Waals surface area contributed by atoms with Gasteiger partial charge in [0.1, 0.15) is 5.15 Å². The average molecular weight is 305 g/mol. The first-order valence-corrected chi connectivity index (χ1v) is 7.51. The van der Waals surface area contributed by atoms with Crippen molar-refractivity contribution in [2.45, 2.75) is 6.92 Å². The van der Waals surface area contributed by atoms with Gasteiger partial charge in [0.05, 0.1) is 16.7 Å². The first-order chi connectivity index (χ1) is 10.7. The number of rotatable bonds is 1. The van der Waals surface area contributed by atoms with Crippen LogP contribution in [0.2, 0.25) is 5.15 Å². The van der Waals surface area contributed by atoms with Crippen LogP contribution in [0.25, 0.3) is 33.1 Å². The molecule has 3 heteroatoms. The van der Waals surface area contributed by atoms with Crippen LogP contribution in [0.4, 0.5) is 0 Å². The maximum absolute atomic E-state index is 6.38. The third-order valence-electron chi connectivity index (χ3n) is 3.80. The Morgan fingerprint density at radius 1 is 0.773 bits per heavy atom. The van der Waals surface area contributed by atoms with Crippen molar-refractivity contribution in [1.29, 1.82) is 0 Å². The molecule has 0 aliphatic carbocycles. The summed E-state index contributed by atoms with van der Waals surface area (Å²) in [5.74, 6) is 0. The van der Waals surface area contributed by atoms with E-state index in [1.54, 1.807) is 0 Å². The van der Waals surface area contributed by atoms with Crippen molar-refractivity contribution >= 4 is 33.4 Å². The zero-order valence-corrected chi connectivity index (χ0v) is 12.8. The van der Waals surface area contributed by atoms with E-state index >= 15 is 0 Å². The minimum absolute atomic E-state index is 0.485. The van der Waals surface area contributed by atoms with Gasteiger partial charge < -0.3 is 0 Å². The van der Waals surface area contributed by atoms with E-state index in [2.05, 4.69) is 36.2 Å². The lowest BCUT2D eigenvalue weighted by Gasteiger charge is -2.07. The highest BCUT2D eigenvalue weighted by Crippen LogP contribution is 2.30. The van der Waals surface area contributed by atoms with Crippen molar-refractivity contribution in [3.05, 3.63) is 71.4 Å². The summed E-state index contributed by atoms with van der Waals surface area (Å²) in [6.07, 6.45) is 0. The largest absolute Gasteiger partial charge is 0.248 e. The van der Waals surface area contributed by atoms with Crippen LogP contribution in [-0.2, 0) is 0 Å². The van der Waals surface area contributed by atoms with Gasteiger partial charge in [-0.1, -0.05) is 47.5 Å². The monoisotopic (exact) mass is 304 g/mol. The molecule has 0 fully saturated rings. The van der Waals surface area contributed by atoms with Crippen molar-refractivity contribution in [3.8, 4) is 11.3 Å². The fourth-order valence-electron chi connectivity index (χ4n) is 2.67. The molecule has 0 aliphatic heterocycles. The maximum Gasteiger partial charge on any atom is 0.139 e. The van der Waals surface area contributed by atoms with Gasteiger partial charge in [0, 0.05) is 16.3 Å². The third-order valence-corrected chi connectivity index (χ3v) is 4.09. The zero-order chi connectivity index (χ0) is 15.1. The highest BCUT2D eigenvalue weighted by atomic mass is 35.5. The minimum atomic E-state index is 0.485. The van der Waals surface area contributed by atoms with E-state index in [-0.39, 0.29) is 0 Å². The lowest BCUT2D eigenvalue weighted by atomic mass is 10.1. The molecule has 0 saturated carbocycles. The maximum atomic E-state index is 6.38. The van der Waals surface area contributed by atoms with Crippen molar-refractivity contribution in [2.75, 3.05) is 0 Å². The highest BCUT2D eigenvalue weighted by Gasteiger charge is 2.09. The fraction of sp³-hybridized carbons (Fsp3) is 0.0526. The number of fused-ring (bicyclic) bond motifs is 2. The van der Waals surface area contributed by atoms with Gasteiger partial charge >= 0.3 is 0 Å². The third kappa shape index (κ3) is 2.22.